The summed E-state index contributed by atoms with van der Waals surface area (Å²) in [5.74, 6) is 0. The van der Waals surface area contributed by atoms with E-state index in [0.717, 1.165) is 0 Å². The maximum atomic E-state index is 13.2. The molecule has 8 nitrogen and oxygen atoms in total. The topological polar surface area (TPSA) is 113 Å². The van der Waals surface area contributed by atoms with Crippen molar-refractivity contribution in [2.24, 2.45) is 0 Å². The molecular formula is C20H12ClN5O3. The number of para-hydroxylation sites is 2. The Labute approximate surface area is 168 Å². The van der Waals surface area contributed by atoms with Gasteiger partial charge < -0.3 is 5.32 Å². The van der Waals surface area contributed by atoms with Crippen molar-refractivity contribution < 1.29 is 4.92 Å². The molecule has 2 heterocycles. The molecule has 0 saturated heterocycles. The van der Waals surface area contributed by atoms with Gasteiger partial charge in [0.25, 0.3) is 11.2 Å². The molecule has 2 aromatic carbocycles. The Hall–Kier alpha value is -3.96. The summed E-state index contributed by atoms with van der Waals surface area (Å²) in [6.45, 7) is 1.66. The van der Waals surface area contributed by atoms with Gasteiger partial charge in [-0.2, -0.15) is 5.26 Å². The van der Waals surface area contributed by atoms with Gasteiger partial charge in [-0.1, -0.05) is 23.7 Å². The number of hydrogen-bond acceptors (Lipinski definition) is 6. The number of benzene rings is 2. The van der Waals surface area contributed by atoms with Crippen LogP contribution in [0.15, 0.2) is 47.3 Å². The molecule has 2 aromatic heterocycles. The molecule has 0 fully saturated rings. The molecule has 0 amide bonds. The second-order valence-corrected chi connectivity index (χ2v) is 6.71. The van der Waals surface area contributed by atoms with Crippen molar-refractivity contribution in [1.29, 1.82) is 5.26 Å². The Morgan fingerprint density at radius 1 is 1.31 bits per heavy atom. The number of nitro groups is 1. The van der Waals surface area contributed by atoms with Crippen LogP contribution in [0.3, 0.4) is 0 Å². The smallest absolute Gasteiger partial charge is 0.289 e. The van der Waals surface area contributed by atoms with Gasteiger partial charge in [0, 0.05) is 18.0 Å². The Morgan fingerprint density at radius 3 is 2.79 bits per heavy atom. The first-order chi connectivity index (χ1) is 13.9. The number of nitrogens with one attached hydrogen (secondary N) is 1. The van der Waals surface area contributed by atoms with Gasteiger partial charge in [0.15, 0.2) is 5.65 Å². The van der Waals surface area contributed by atoms with E-state index in [1.165, 1.54) is 22.7 Å². The molecule has 0 aliphatic rings. The van der Waals surface area contributed by atoms with E-state index in [1.54, 1.807) is 37.3 Å². The summed E-state index contributed by atoms with van der Waals surface area (Å²) in [5, 5.41) is 23.9. The first-order valence-corrected chi connectivity index (χ1v) is 8.84. The van der Waals surface area contributed by atoms with E-state index in [1.807, 2.05) is 0 Å². The average Bonchev–Trinajstić information content (AvgIpc) is 3.08. The molecule has 0 saturated carbocycles. The first-order valence-electron chi connectivity index (χ1n) is 8.47. The molecule has 4 aromatic rings. The minimum atomic E-state index is -0.588. The number of aromatic nitrogens is 2. The quantitative estimate of drug-likeness (QED) is 0.413. The van der Waals surface area contributed by atoms with Gasteiger partial charge in [-0.05, 0) is 36.8 Å². The van der Waals surface area contributed by atoms with Crippen LogP contribution in [0, 0.1) is 28.4 Å². The monoisotopic (exact) mass is 405 g/mol. The van der Waals surface area contributed by atoms with Crippen molar-refractivity contribution >= 4 is 45.9 Å². The molecular weight excluding hydrogens is 394 g/mol. The van der Waals surface area contributed by atoms with Crippen LogP contribution >= 0.6 is 11.6 Å². The summed E-state index contributed by atoms with van der Waals surface area (Å²) in [6.07, 6.45) is 1.43. The summed E-state index contributed by atoms with van der Waals surface area (Å²) >= 11 is 5.83. The maximum absolute atomic E-state index is 13.2. The lowest BCUT2D eigenvalue weighted by atomic mass is 10.1. The van der Waals surface area contributed by atoms with Gasteiger partial charge in [-0.15, -0.1) is 0 Å². The first kappa shape index (κ1) is 18.4. The minimum absolute atomic E-state index is 0.0133. The van der Waals surface area contributed by atoms with Crippen LogP contribution < -0.4 is 16.1 Å². The Balaban J connectivity index is 1.96. The normalized spacial score (nSPS) is 11.7. The highest BCUT2D eigenvalue weighted by molar-refractivity contribution is 6.32. The number of pyridine rings is 1. The van der Waals surface area contributed by atoms with E-state index in [2.05, 4.69) is 16.4 Å². The molecule has 0 bridgehead atoms. The second-order valence-electron chi connectivity index (χ2n) is 6.30. The number of nitriles is 1. The predicted octanol–water partition coefficient (Wildman–Crippen LogP) is 3.16. The number of fused-ring (bicyclic) bond motifs is 3. The van der Waals surface area contributed by atoms with E-state index in [9.17, 15) is 20.2 Å². The van der Waals surface area contributed by atoms with Crippen LogP contribution in [0.2, 0.25) is 5.02 Å². The van der Waals surface area contributed by atoms with Crippen molar-refractivity contribution in [2.45, 2.75) is 6.92 Å². The minimum Gasteiger partial charge on any atom is -0.361 e. The summed E-state index contributed by atoms with van der Waals surface area (Å²) in [5.41, 5.74) is 2.05. The second kappa shape index (κ2) is 6.89. The van der Waals surface area contributed by atoms with Crippen molar-refractivity contribution in [2.75, 3.05) is 5.32 Å². The molecule has 29 heavy (non-hydrogen) atoms. The number of halogens is 1. The van der Waals surface area contributed by atoms with Crippen LogP contribution in [0.1, 0.15) is 11.1 Å². The molecule has 0 aliphatic carbocycles. The Kier molecular flexibility index (Phi) is 4.37. The SMILES string of the molecule is Cc1c(C#N)c2nc3ccccc3n2c(=O)/c1=C/Nc1ccc(Cl)c([N+](=O)[O-])c1. The summed E-state index contributed by atoms with van der Waals surface area (Å²) in [6, 6.07) is 13.5. The molecule has 0 spiro atoms. The van der Waals surface area contributed by atoms with Gasteiger partial charge in [0.05, 0.1) is 26.7 Å². The van der Waals surface area contributed by atoms with Crippen molar-refractivity contribution in [3.8, 4) is 6.07 Å². The molecule has 142 valence electrons. The molecule has 0 radical (unpaired) electrons. The van der Waals surface area contributed by atoms with Crippen LogP contribution in [0.5, 0.6) is 0 Å². The van der Waals surface area contributed by atoms with Gasteiger partial charge >= 0.3 is 0 Å². The zero-order chi connectivity index (χ0) is 20.7. The van der Waals surface area contributed by atoms with E-state index >= 15 is 0 Å². The van der Waals surface area contributed by atoms with Gasteiger partial charge in [-0.3, -0.25) is 19.3 Å². The largest absolute Gasteiger partial charge is 0.361 e. The van der Waals surface area contributed by atoms with Gasteiger partial charge in [-0.25, -0.2) is 4.98 Å². The Bertz CT molecular complexity index is 1470. The van der Waals surface area contributed by atoms with E-state index in [-0.39, 0.29) is 27.1 Å². The molecule has 1 N–H and O–H groups in total. The summed E-state index contributed by atoms with van der Waals surface area (Å²) < 4.78 is 1.40. The number of nitrogens with zero attached hydrogens (tertiary/aromatic N) is 4. The highest BCUT2D eigenvalue weighted by Gasteiger charge is 2.16. The van der Waals surface area contributed by atoms with Crippen molar-refractivity contribution in [3.05, 3.63) is 84.3 Å². The zero-order valence-corrected chi connectivity index (χ0v) is 15.8. The third-order valence-electron chi connectivity index (χ3n) is 4.63. The lowest BCUT2D eigenvalue weighted by Gasteiger charge is -2.05. The number of hydrogen-bond donors (Lipinski definition) is 1. The average molecular weight is 406 g/mol. The fourth-order valence-electron chi connectivity index (χ4n) is 3.18. The fourth-order valence-corrected chi connectivity index (χ4v) is 3.37. The number of rotatable bonds is 3. The van der Waals surface area contributed by atoms with Gasteiger partial charge in [0.2, 0.25) is 0 Å². The third-order valence-corrected chi connectivity index (χ3v) is 4.95. The third kappa shape index (κ3) is 2.94. The van der Waals surface area contributed by atoms with Crippen LogP contribution in [0.25, 0.3) is 22.9 Å². The molecule has 4 rings (SSSR count). The fraction of sp³-hybridized carbons (Fsp3) is 0.0500. The number of anilines is 1. The van der Waals surface area contributed by atoms with Crippen LogP contribution in [-0.4, -0.2) is 14.3 Å². The van der Waals surface area contributed by atoms with E-state index in [0.29, 0.717) is 27.9 Å². The number of imidazole rings is 1. The molecule has 0 aliphatic heterocycles. The molecule has 0 unspecified atom stereocenters. The molecule has 9 heteroatoms. The van der Waals surface area contributed by atoms with Gasteiger partial charge in [0.1, 0.15) is 11.1 Å². The Morgan fingerprint density at radius 2 is 2.07 bits per heavy atom. The summed E-state index contributed by atoms with van der Waals surface area (Å²) in [7, 11) is 0. The van der Waals surface area contributed by atoms with E-state index in [4.69, 9.17) is 11.6 Å². The predicted molar refractivity (Wildman–Crippen MR) is 110 cm³/mol. The maximum Gasteiger partial charge on any atom is 0.289 e. The lowest BCUT2D eigenvalue weighted by molar-refractivity contribution is -0.384. The van der Waals surface area contributed by atoms with Crippen LogP contribution in [0.4, 0.5) is 11.4 Å². The lowest BCUT2D eigenvalue weighted by Crippen LogP contribution is -2.34. The highest BCUT2D eigenvalue weighted by Crippen LogP contribution is 2.27. The van der Waals surface area contributed by atoms with Crippen LogP contribution in [-0.2, 0) is 0 Å². The molecule has 0 atom stereocenters. The van der Waals surface area contributed by atoms with E-state index < -0.39 is 4.92 Å². The highest BCUT2D eigenvalue weighted by atomic mass is 35.5. The zero-order valence-electron chi connectivity index (χ0n) is 15.0. The van der Waals surface area contributed by atoms with Crippen molar-refractivity contribution in [3.63, 3.8) is 0 Å². The van der Waals surface area contributed by atoms with Crippen molar-refractivity contribution in [1.82, 2.24) is 9.38 Å². The summed E-state index contributed by atoms with van der Waals surface area (Å²) in [4.78, 5) is 28.1. The standard InChI is InChI=1S/C20H12ClN5O3/c1-11-13(9-22)19-24-16-4-2-3-5-17(16)25(19)20(27)14(11)10-23-12-6-7-15(21)18(8-12)26(28)29/h2-8,10,23H,1H3/b14-10+. The number of nitro benzene ring substituents is 1.